The molecule has 7 nitrogen and oxygen atoms in total. The zero-order valence-electron chi connectivity index (χ0n) is 16.1. The highest BCUT2D eigenvalue weighted by molar-refractivity contribution is 6.06. The Bertz CT molecular complexity index is 951. The maximum Gasteiger partial charge on any atom is 0.232 e. The Balaban J connectivity index is 1.53. The number of nitrogens with zero attached hydrogens (tertiary/aromatic N) is 1. The van der Waals surface area contributed by atoms with Crippen LogP contribution in [-0.4, -0.2) is 30.8 Å². The van der Waals surface area contributed by atoms with Crippen LogP contribution in [-0.2, 0) is 14.4 Å². The van der Waals surface area contributed by atoms with E-state index in [4.69, 9.17) is 5.73 Å². The van der Waals surface area contributed by atoms with Crippen molar-refractivity contribution >= 4 is 34.8 Å². The SMILES string of the molecule is NC(=O)C1CCN(c2ccccc2NC(=O)C2CC(=O)Nc3ccccc32)CC1. The van der Waals surface area contributed by atoms with Gasteiger partial charge in [0, 0.05) is 31.1 Å². The molecule has 2 aliphatic heterocycles. The monoisotopic (exact) mass is 392 g/mol. The predicted octanol–water partition coefficient (Wildman–Crippen LogP) is 2.45. The number of carbonyl (C=O) groups is 3. The van der Waals surface area contributed by atoms with Gasteiger partial charge in [0.2, 0.25) is 17.7 Å². The fraction of sp³-hybridized carbons (Fsp3) is 0.318. The number of nitrogens with one attached hydrogen (secondary N) is 2. The molecule has 0 bridgehead atoms. The largest absolute Gasteiger partial charge is 0.370 e. The summed E-state index contributed by atoms with van der Waals surface area (Å²) >= 11 is 0. The van der Waals surface area contributed by atoms with Crippen LogP contribution in [0.4, 0.5) is 17.1 Å². The summed E-state index contributed by atoms with van der Waals surface area (Å²) in [6, 6.07) is 15.0. The van der Waals surface area contributed by atoms with Crippen molar-refractivity contribution in [3.05, 3.63) is 54.1 Å². The molecule has 150 valence electrons. The van der Waals surface area contributed by atoms with E-state index in [1.165, 1.54) is 0 Å². The normalized spacial score (nSPS) is 19.2. The molecular weight excluding hydrogens is 368 g/mol. The first-order valence-corrected chi connectivity index (χ1v) is 9.86. The van der Waals surface area contributed by atoms with Crippen molar-refractivity contribution in [2.75, 3.05) is 28.6 Å². The lowest BCUT2D eigenvalue weighted by Crippen LogP contribution is -2.39. The second kappa shape index (κ2) is 7.95. The average Bonchev–Trinajstić information content (AvgIpc) is 2.73. The molecule has 1 saturated heterocycles. The number of anilines is 3. The van der Waals surface area contributed by atoms with Crippen molar-refractivity contribution in [2.24, 2.45) is 11.7 Å². The van der Waals surface area contributed by atoms with E-state index in [0.29, 0.717) is 37.3 Å². The number of amides is 3. The van der Waals surface area contributed by atoms with Crippen LogP contribution in [0.25, 0.3) is 0 Å². The Morgan fingerprint density at radius 2 is 1.72 bits per heavy atom. The van der Waals surface area contributed by atoms with E-state index in [2.05, 4.69) is 15.5 Å². The zero-order chi connectivity index (χ0) is 20.4. The molecule has 1 atom stereocenters. The Kier molecular flexibility index (Phi) is 5.20. The number of hydrogen-bond acceptors (Lipinski definition) is 4. The van der Waals surface area contributed by atoms with Crippen LogP contribution in [0.15, 0.2) is 48.5 Å². The number of nitrogens with two attached hydrogens (primary N) is 1. The Morgan fingerprint density at radius 3 is 2.48 bits per heavy atom. The molecule has 0 aromatic heterocycles. The van der Waals surface area contributed by atoms with Crippen LogP contribution in [0.1, 0.15) is 30.7 Å². The van der Waals surface area contributed by atoms with Crippen molar-refractivity contribution in [2.45, 2.75) is 25.2 Å². The van der Waals surface area contributed by atoms with Crippen LogP contribution < -0.4 is 21.3 Å². The number of carbonyl (C=O) groups excluding carboxylic acids is 3. The number of primary amides is 1. The summed E-state index contributed by atoms with van der Waals surface area (Å²) in [6.45, 7) is 1.41. The Labute approximate surface area is 169 Å². The molecule has 29 heavy (non-hydrogen) atoms. The summed E-state index contributed by atoms with van der Waals surface area (Å²) in [5.74, 6) is -1.24. The van der Waals surface area contributed by atoms with Gasteiger partial charge in [-0.25, -0.2) is 0 Å². The van der Waals surface area contributed by atoms with E-state index < -0.39 is 5.92 Å². The lowest BCUT2D eigenvalue weighted by atomic mass is 9.89. The van der Waals surface area contributed by atoms with E-state index in [9.17, 15) is 14.4 Å². The number of rotatable bonds is 4. The summed E-state index contributed by atoms with van der Waals surface area (Å²) in [6.07, 6.45) is 1.52. The zero-order valence-corrected chi connectivity index (χ0v) is 16.1. The lowest BCUT2D eigenvalue weighted by Gasteiger charge is -2.34. The second-order valence-corrected chi connectivity index (χ2v) is 7.56. The average molecular weight is 392 g/mol. The van der Waals surface area contributed by atoms with Gasteiger partial charge >= 0.3 is 0 Å². The number of hydrogen-bond donors (Lipinski definition) is 3. The van der Waals surface area contributed by atoms with Crippen molar-refractivity contribution in [1.29, 1.82) is 0 Å². The minimum absolute atomic E-state index is 0.0924. The highest BCUT2D eigenvalue weighted by Crippen LogP contribution is 2.35. The molecular formula is C22H24N4O3. The number of para-hydroxylation sites is 3. The van der Waals surface area contributed by atoms with Crippen LogP contribution in [0, 0.1) is 5.92 Å². The van der Waals surface area contributed by atoms with Gasteiger partial charge in [-0.15, -0.1) is 0 Å². The van der Waals surface area contributed by atoms with Crippen molar-refractivity contribution in [3.63, 3.8) is 0 Å². The first-order chi connectivity index (χ1) is 14.0. The summed E-state index contributed by atoms with van der Waals surface area (Å²) in [5, 5.41) is 5.84. The summed E-state index contributed by atoms with van der Waals surface area (Å²) in [7, 11) is 0. The Morgan fingerprint density at radius 1 is 1.03 bits per heavy atom. The van der Waals surface area contributed by atoms with Gasteiger partial charge < -0.3 is 21.3 Å². The third-order valence-corrected chi connectivity index (χ3v) is 5.72. The van der Waals surface area contributed by atoms with Crippen LogP contribution >= 0.6 is 0 Å². The molecule has 0 spiro atoms. The van der Waals surface area contributed by atoms with Crippen molar-refractivity contribution in [1.82, 2.24) is 0 Å². The highest BCUT2D eigenvalue weighted by Gasteiger charge is 2.31. The van der Waals surface area contributed by atoms with E-state index in [0.717, 1.165) is 11.3 Å². The minimum Gasteiger partial charge on any atom is -0.370 e. The van der Waals surface area contributed by atoms with Crippen LogP contribution in [0.5, 0.6) is 0 Å². The Hall–Kier alpha value is -3.35. The number of fused-ring (bicyclic) bond motifs is 1. The van der Waals surface area contributed by atoms with Gasteiger partial charge in [0.15, 0.2) is 0 Å². The van der Waals surface area contributed by atoms with E-state index in [1.54, 1.807) is 0 Å². The maximum atomic E-state index is 13.1. The molecule has 4 rings (SSSR count). The second-order valence-electron chi connectivity index (χ2n) is 7.56. The fourth-order valence-corrected chi connectivity index (χ4v) is 4.13. The molecule has 1 fully saturated rings. The molecule has 2 aliphatic rings. The molecule has 0 saturated carbocycles. The minimum atomic E-state index is -0.534. The molecule has 2 aromatic rings. The highest BCUT2D eigenvalue weighted by atomic mass is 16.2. The molecule has 0 radical (unpaired) electrons. The first-order valence-electron chi connectivity index (χ1n) is 9.86. The number of benzene rings is 2. The summed E-state index contributed by atoms with van der Waals surface area (Å²) in [5.41, 5.74) is 8.56. The van der Waals surface area contributed by atoms with Crippen molar-refractivity contribution in [3.8, 4) is 0 Å². The third kappa shape index (κ3) is 3.94. The fourth-order valence-electron chi connectivity index (χ4n) is 4.13. The van der Waals surface area contributed by atoms with Gasteiger partial charge in [-0.3, -0.25) is 14.4 Å². The third-order valence-electron chi connectivity index (χ3n) is 5.72. The van der Waals surface area contributed by atoms with Gasteiger partial charge in [-0.05, 0) is 36.6 Å². The molecule has 1 unspecified atom stereocenters. The summed E-state index contributed by atoms with van der Waals surface area (Å²) < 4.78 is 0. The molecule has 7 heteroatoms. The van der Waals surface area contributed by atoms with E-state index in [-0.39, 0.29) is 30.1 Å². The van der Waals surface area contributed by atoms with Crippen molar-refractivity contribution < 1.29 is 14.4 Å². The molecule has 4 N–H and O–H groups in total. The van der Waals surface area contributed by atoms with Crippen LogP contribution in [0.2, 0.25) is 0 Å². The quantitative estimate of drug-likeness (QED) is 0.743. The van der Waals surface area contributed by atoms with Crippen LogP contribution in [0.3, 0.4) is 0 Å². The standard InChI is InChI=1S/C22H24N4O3/c23-21(28)14-9-11-26(12-10-14)19-8-4-3-7-18(19)25-22(29)16-13-20(27)24-17-6-2-1-5-15(16)17/h1-8,14,16H,9-13H2,(H2,23,28)(H,24,27)(H,25,29). The van der Waals surface area contributed by atoms with Gasteiger partial charge in [0.1, 0.15) is 0 Å². The van der Waals surface area contributed by atoms with Gasteiger partial charge in [0.05, 0.1) is 17.3 Å². The van der Waals surface area contributed by atoms with Gasteiger partial charge in [0.25, 0.3) is 0 Å². The van der Waals surface area contributed by atoms with Gasteiger partial charge in [-0.1, -0.05) is 30.3 Å². The number of piperidine rings is 1. The molecule has 2 aromatic carbocycles. The summed E-state index contributed by atoms with van der Waals surface area (Å²) in [4.78, 5) is 38.7. The first kappa shape index (κ1) is 19.0. The maximum absolute atomic E-state index is 13.1. The van der Waals surface area contributed by atoms with Gasteiger partial charge in [-0.2, -0.15) is 0 Å². The molecule has 3 amide bonds. The van der Waals surface area contributed by atoms with E-state index >= 15 is 0 Å². The van der Waals surface area contributed by atoms with E-state index in [1.807, 2.05) is 48.5 Å². The molecule has 0 aliphatic carbocycles. The smallest absolute Gasteiger partial charge is 0.232 e. The lowest BCUT2D eigenvalue weighted by molar-refractivity contribution is -0.123. The predicted molar refractivity (Wildman–Crippen MR) is 112 cm³/mol. The topological polar surface area (TPSA) is 105 Å². The molecule has 2 heterocycles.